The van der Waals surface area contributed by atoms with Crippen LogP contribution < -0.4 is 5.32 Å². The molecule has 3 rings (SSSR count). The van der Waals surface area contributed by atoms with E-state index in [-0.39, 0.29) is 12.1 Å². The van der Waals surface area contributed by atoms with Gasteiger partial charge >= 0.3 is 6.18 Å². The lowest BCUT2D eigenvalue weighted by atomic mass is 10.1. The van der Waals surface area contributed by atoms with E-state index >= 15 is 0 Å². The highest BCUT2D eigenvalue weighted by atomic mass is 19.4. The van der Waals surface area contributed by atoms with Crippen LogP contribution in [0.4, 0.5) is 13.2 Å². The zero-order valence-corrected chi connectivity index (χ0v) is 15.7. The maximum absolute atomic E-state index is 13.6. The van der Waals surface area contributed by atoms with Crippen molar-refractivity contribution in [2.75, 3.05) is 0 Å². The Balaban J connectivity index is 1.86. The van der Waals surface area contributed by atoms with E-state index in [1.54, 1.807) is 36.9 Å². The van der Waals surface area contributed by atoms with Gasteiger partial charge in [0.2, 0.25) is 0 Å². The third-order valence-electron chi connectivity index (χ3n) is 4.31. The van der Waals surface area contributed by atoms with Gasteiger partial charge in [-0.3, -0.25) is 9.48 Å². The molecule has 1 amide bonds. The Morgan fingerprint density at radius 2 is 1.96 bits per heavy atom. The van der Waals surface area contributed by atoms with Crippen molar-refractivity contribution in [3.63, 3.8) is 0 Å². The van der Waals surface area contributed by atoms with Crippen LogP contribution in [0.25, 0.3) is 5.69 Å². The highest BCUT2D eigenvalue weighted by molar-refractivity contribution is 5.93. The van der Waals surface area contributed by atoms with E-state index in [1.807, 2.05) is 6.92 Å². The van der Waals surface area contributed by atoms with E-state index in [4.69, 9.17) is 0 Å². The predicted molar refractivity (Wildman–Crippen MR) is 97.1 cm³/mol. The van der Waals surface area contributed by atoms with Crippen molar-refractivity contribution in [3.05, 3.63) is 64.7 Å². The summed E-state index contributed by atoms with van der Waals surface area (Å²) in [6.45, 7) is 5.77. The van der Waals surface area contributed by atoms with Crippen molar-refractivity contribution < 1.29 is 18.0 Å². The molecule has 0 spiro atoms. The first-order valence-electron chi connectivity index (χ1n) is 8.73. The second kappa shape index (κ2) is 7.49. The van der Waals surface area contributed by atoms with Crippen LogP contribution in [0.5, 0.6) is 0 Å². The molecule has 3 aromatic rings. The molecule has 0 unspecified atom stereocenters. The van der Waals surface area contributed by atoms with Crippen molar-refractivity contribution in [2.45, 2.75) is 40.0 Å². The Bertz CT molecular complexity index is 1000. The molecule has 2 heterocycles. The standard InChI is InChI=1S/C19H20F3N5O/c1-4-26-11-15(10-24-26)18(28)23-9-14-5-6-16(8-17(14)19(20,21)22)27-13(3)7-12(2)25-27/h5-8,10-11H,4,9H2,1-3H3,(H,23,28). The van der Waals surface area contributed by atoms with Crippen molar-refractivity contribution in [1.82, 2.24) is 24.9 Å². The summed E-state index contributed by atoms with van der Waals surface area (Å²) in [4.78, 5) is 12.2. The van der Waals surface area contributed by atoms with Crippen LogP contribution in [0, 0.1) is 13.8 Å². The van der Waals surface area contributed by atoms with Crippen molar-refractivity contribution >= 4 is 5.91 Å². The van der Waals surface area contributed by atoms with Crippen molar-refractivity contribution in [3.8, 4) is 5.69 Å². The fourth-order valence-electron chi connectivity index (χ4n) is 2.94. The lowest BCUT2D eigenvalue weighted by molar-refractivity contribution is -0.138. The number of hydrogen-bond donors (Lipinski definition) is 1. The zero-order chi connectivity index (χ0) is 20.5. The second-order valence-corrected chi connectivity index (χ2v) is 6.45. The largest absolute Gasteiger partial charge is 0.416 e. The maximum Gasteiger partial charge on any atom is 0.416 e. The van der Waals surface area contributed by atoms with Crippen molar-refractivity contribution in [1.29, 1.82) is 0 Å². The minimum Gasteiger partial charge on any atom is -0.348 e. The maximum atomic E-state index is 13.6. The Hall–Kier alpha value is -3.10. The molecule has 0 saturated carbocycles. The number of nitrogens with one attached hydrogen (secondary N) is 1. The Morgan fingerprint density at radius 1 is 1.21 bits per heavy atom. The second-order valence-electron chi connectivity index (χ2n) is 6.45. The first kappa shape index (κ1) is 19.7. The van der Waals surface area contributed by atoms with E-state index < -0.39 is 17.6 Å². The highest BCUT2D eigenvalue weighted by Gasteiger charge is 2.34. The van der Waals surface area contributed by atoms with Gasteiger partial charge in [-0.1, -0.05) is 6.07 Å². The summed E-state index contributed by atoms with van der Waals surface area (Å²) in [5.74, 6) is -0.476. The van der Waals surface area contributed by atoms with Gasteiger partial charge in [0, 0.05) is 25.0 Å². The van der Waals surface area contributed by atoms with E-state index in [1.165, 1.54) is 16.9 Å². The summed E-state index contributed by atoms with van der Waals surface area (Å²) < 4.78 is 43.8. The monoisotopic (exact) mass is 391 g/mol. The number of amides is 1. The molecule has 0 radical (unpaired) electrons. The molecule has 0 atom stereocenters. The molecule has 148 valence electrons. The topological polar surface area (TPSA) is 64.7 Å². The normalized spacial score (nSPS) is 11.6. The van der Waals surface area contributed by atoms with Gasteiger partial charge in [0.25, 0.3) is 5.91 Å². The van der Waals surface area contributed by atoms with Crippen LogP contribution in [0.3, 0.4) is 0 Å². The van der Waals surface area contributed by atoms with E-state index in [2.05, 4.69) is 15.5 Å². The summed E-state index contributed by atoms with van der Waals surface area (Å²) in [6, 6.07) is 5.77. The molecule has 9 heteroatoms. The fourth-order valence-corrected chi connectivity index (χ4v) is 2.94. The number of carbonyl (C=O) groups excluding carboxylic acids is 1. The molecule has 0 aliphatic carbocycles. The molecule has 0 aliphatic heterocycles. The number of nitrogens with zero attached hydrogens (tertiary/aromatic N) is 4. The van der Waals surface area contributed by atoms with Gasteiger partial charge < -0.3 is 5.32 Å². The molecule has 2 aromatic heterocycles. The van der Waals surface area contributed by atoms with Gasteiger partial charge in [-0.25, -0.2) is 4.68 Å². The average Bonchev–Trinajstić information content (AvgIpc) is 3.25. The molecule has 0 saturated heterocycles. The van der Waals surface area contributed by atoms with Crippen LogP contribution in [0.2, 0.25) is 0 Å². The van der Waals surface area contributed by atoms with Gasteiger partial charge in [-0.2, -0.15) is 23.4 Å². The lowest BCUT2D eigenvalue weighted by Gasteiger charge is -2.15. The number of aryl methyl sites for hydroxylation is 3. The number of aromatic nitrogens is 4. The number of alkyl halides is 3. The number of halogens is 3. The first-order chi connectivity index (χ1) is 13.2. The number of rotatable bonds is 5. The summed E-state index contributed by atoms with van der Waals surface area (Å²) in [5.41, 5.74) is 1.25. The van der Waals surface area contributed by atoms with Crippen molar-refractivity contribution in [2.24, 2.45) is 0 Å². The molecular formula is C19H20F3N5O. The SMILES string of the molecule is CCn1cc(C(=O)NCc2ccc(-n3nc(C)cc3C)cc2C(F)(F)F)cn1. The lowest BCUT2D eigenvalue weighted by Crippen LogP contribution is -2.24. The van der Waals surface area contributed by atoms with E-state index in [0.29, 0.717) is 17.8 Å². The average molecular weight is 391 g/mol. The summed E-state index contributed by atoms with van der Waals surface area (Å²) >= 11 is 0. The van der Waals surface area contributed by atoms with Gasteiger partial charge in [0.15, 0.2) is 0 Å². The van der Waals surface area contributed by atoms with Gasteiger partial charge in [-0.05, 0) is 44.5 Å². The quantitative estimate of drug-likeness (QED) is 0.722. The fraction of sp³-hybridized carbons (Fsp3) is 0.316. The van der Waals surface area contributed by atoms with Gasteiger partial charge in [0.1, 0.15) is 0 Å². The summed E-state index contributed by atoms with van der Waals surface area (Å²) in [7, 11) is 0. The smallest absolute Gasteiger partial charge is 0.348 e. The van der Waals surface area contributed by atoms with Crippen LogP contribution in [0.15, 0.2) is 36.7 Å². The molecule has 0 aliphatic rings. The molecular weight excluding hydrogens is 371 g/mol. The van der Waals surface area contributed by atoms with Gasteiger partial charge in [-0.15, -0.1) is 0 Å². The van der Waals surface area contributed by atoms with E-state index in [9.17, 15) is 18.0 Å². The predicted octanol–water partition coefficient (Wildman–Crippen LogP) is 3.65. The zero-order valence-electron chi connectivity index (χ0n) is 15.7. The van der Waals surface area contributed by atoms with E-state index in [0.717, 1.165) is 17.5 Å². The third kappa shape index (κ3) is 4.08. The first-order valence-corrected chi connectivity index (χ1v) is 8.73. The molecule has 1 aromatic carbocycles. The number of hydrogen-bond acceptors (Lipinski definition) is 3. The van der Waals surface area contributed by atoms with Gasteiger partial charge in [0.05, 0.1) is 28.7 Å². The minimum absolute atomic E-state index is 0.0194. The Kier molecular flexibility index (Phi) is 5.26. The molecule has 0 bridgehead atoms. The summed E-state index contributed by atoms with van der Waals surface area (Å²) in [5, 5.41) is 10.7. The number of carbonyl (C=O) groups is 1. The van der Waals surface area contributed by atoms with Crippen LogP contribution in [-0.2, 0) is 19.3 Å². The number of benzene rings is 1. The Morgan fingerprint density at radius 3 is 2.54 bits per heavy atom. The van der Waals surface area contributed by atoms with Crippen LogP contribution in [0.1, 0.15) is 39.8 Å². The summed E-state index contributed by atoms with van der Waals surface area (Å²) in [6.07, 6.45) is -1.62. The highest BCUT2D eigenvalue weighted by Crippen LogP contribution is 2.33. The third-order valence-corrected chi connectivity index (χ3v) is 4.31. The van der Waals surface area contributed by atoms with Crippen LogP contribution in [-0.4, -0.2) is 25.5 Å². The Labute approximate surface area is 160 Å². The minimum atomic E-state index is -4.56. The molecule has 6 nitrogen and oxygen atoms in total. The molecule has 0 fully saturated rings. The molecule has 1 N–H and O–H groups in total. The van der Waals surface area contributed by atoms with Crippen LogP contribution >= 0.6 is 0 Å². The molecule has 28 heavy (non-hydrogen) atoms.